The summed E-state index contributed by atoms with van der Waals surface area (Å²) in [7, 11) is -2.34. The molecule has 5 heteroatoms. The molecule has 0 aliphatic rings. The highest BCUT2D eigenvalue weighted by molar-refractivity contribution is 7.72. The van der Waals surface area contributed by atoms with E-state index in [0.29, 0.717) is 12.1 Å². The molecule has 2 rings (SSSR count). The van der Waals surface area contributed by atoms with E-state index in [9.17, 15) is 8.42 Å². The van der Waals surface area contributed by atoms with E-state index < -0.39 is 10.7 Å². The lowest BCUT2D eigenvalue weighted by Crippen LogP contribution is -1.98. The van der Waals surface area contributed by atoms with Crippen molar-refractivity contribution in [2.75, 3.05) is 5.75 Å². The third-order valence-electron chi connectivity index (χ3n) is 2.10. The summed E-state index contributed by atoms with van der Waals surface area (Å²) in [6.45, 7) is 0. The Morgan fingerprint density at radius 1 is 1.13 bits per heavy atom. The molecular formula is C10H10N2O2S. The molecule has 1 aromatic carbocycles. The van der Waals surface area contributed by atoms with Crippen LogP contribution in [0.5, 0.6) is 0 Å². The first kappa shape index (κ1) is 10.0. The van der Waals surface area contributed by atoms with E-state index in [1.807, 2.05) is 30.3 Å². The van der Waals surface area contributed by atoms with Gasteiger partial charge in [0, 0.05) is 11.8 Å². The Morgan fingerprint density at radius 2 is 1.93 bits per heavy atom. The molecule has 0 atom stereocenters. The van der Waals surface area contributed by atoms with Gasteiger partial charge in [-0.2, -0.15) is 10.2 Å². The summed E-state index contributed by atoms with van der Waals surface area (Å²) in [6.07, 6.45) is 0.427. The minimum Gasteiger partial charge on any atom is -0.232 e. The van der Waals surface area contributed by atoms with E-state index in [4.69, 9.17) is 0 Å². The van der Waals surface area contributed by atoms with E-state index in [0.717, 1.165) is 10.9 Å². The van der Waals surface area contributed by atoms with Crippen LogP contribution in [0.1, 0.15) is 5.69 Å². The van der Waals surface area contributed by atoms with Crippen LogP contribution >= 0.6 is 0 Å². The Hall–Kier alpha value is -1.49. The maximum Gasteiger partial charge on any atom is 0.140 e. The second-order valence-corrected chi connectivity index (χ2v) is 4.31. The normalized spacial score (nSPS) is 11.0. The van der Waals surface area contributed by atoms with Gasteiger partial charge in [0.05, 0.1) is 17.0 Å². The molecule has 15 heavy (non-hydrogen) atoms. The van der Waals surface area contributed by atoms with Crippen LogP contribution in [-0.4, -0.2) is 24.4 Å². The van der Waals surface area contributed by atoms with Crippen molar-refractivity contribution < 1.29 is 8.42 Å². The second-order valence-electron chi connectivity index (χ2n) is 3.20. The van der Waals surface area contributed by atoms with Crippen LogP contribution in [0.2, 0.25) is 0 Å². The summed E-state index contributed by atoms with van der Waals surface area (Å²) in [5.74, 6) is 0.127. The Balaban J connectivity index is 2.30. The Morgan fingerprint density at radius 3 is 2.73 bits per heavy atom. The molecule has 78 valence electrons. The van der Waals surface area contributed by atoms with Gasteiger partial charge in [0.15, 0.2) is 0 Å². The minimum absolute atomic E-state index is 0.127. The zero-order valence-electron chi connectivity index (χ0n) is 7.96. The van der Waals surface area contributed by atoms with E-state index >= 15 is 0 Å². The molecule has 0 spiro atoms. The molecular weight excluding hydrogens is 212 g/mol. The van der Waals surface area contributed by atoms with Gasteiger partial charge in [-0.25, -0.2) is 8.42 Å². The van der Waals surface area contributed by atoms with Crippen molar-refractivity contribution >= 4 is 21.6 Å². The molecule has 2 aromatic rings. The quantitative estimate of drug-likeness (QED) is 0.780. The van der Waals surface area contributed by atoms with E-state index in [2.05, 4.69) is 10.2 Å². The average molecular weight is 222 g/mol. The second kappa shape index (κ2) is 4.35. The van der Waals surface area contributed by atoms with Crippen molar-refractivity contribution in [3.8, 4) is 0 Å². The zero-order chi connectivity index (χ0) is 10.7. The van der Waals surface area contributed by atoms with Crippen LogP contribution in [0.15, 0.2) is 30.3 Å². The third kappa shape index (κ3) is 2.50. The Bertz CT molecular complexity index is 544. The fraction of sp³-hybridized carbons (Fsp3) is 0.200. The molecule has 0 bridgehead atoms. The number of aromatic nitrogens is 2. The van der Waals surface area contributed by atoms with Gasteiger partial charge in [-0.05, 0) is 12.1 Å². The highest BCUT2D eigenvalue weighted by Crippen LogP contribution is 2.10. The molecule has 0 radical (unpaired) electrons. The lowest BCUT2D eigenvalue weighted by molar-refractivity contribution is 0.613. The smallest absolute Gasteiger partial charge is 0.140 e. The van der Waals surface area contributed by atoms with Crippen molar-refractivity contribution in [1.29, 1.82) is 0 Å². The van der Waals surface area contributed by atoms with Gasteiger partial charge < -0.3 is 0 Å². The molecule has 0 saturated carbocycles. The number of fused-ring (bicyclic) bond motifs is 1. The van der Waals surface area contributed by atoms with Crippen LogP contribution in [0, 0.1) is 0 Å². The van der Waals surface area contributed by atoms with E-state index in [-0.39, 0.29) is 5.75 Å². The standard InChI is InChI=1S/C10H10N2O2S/c13-15(14)6-5-9-7-8-3-1-2-4-10(8)12-11-9/h1-4,7,15H,5-6H2. The summed E-state index contributed by atoms with van der Waals surface area (Å²) in [5, 5.41) is 8.96. The van der Waals surface area contributed by atoms with Gasteiger partial charge in [0.25, 0.3) is 0 Å². The molecule has 0 fully saturated rings. The number of benzene rings is 1. The van der Waals surface area contributed by atoms with Crippen LogP contribution in [0.3, 0.4) is 0 Å². The molecule has 0 unspecified atom stereocenters. The van der Waals surface area contributed by atoms with Gasteiger partial charge in [-0.15, -0.1) is 0 Å². The first-order valence-corrected chi connectivity index (χ1v) is 5.95. The highest BCUT2D eigenvalue weighted by Gasteiger charge is 1.99. The summed E-state index contributed by atoms with van der Waals surface area (Å²) in [6, 6.07) is 9.50. The summed E-state index contributed by atoms with van der Waals surface area (Å²) in [4.78, 5) is 0. The summed E-state index contributed by atoms with van der Waals surface area (Å²) >= 11 is 0. The van der Waals surface area contributed by atoms with Crippen molar-refractivity contribution in [2.45, 2.75) is 6.42 Å². The van der Waals surface area contributed by atoms with Crippen LogP contribution < -0.4 is 0 Å². The number of thiol groups is 1. The van der Waals surface area contributed by atoms with Gasteiger partial charge in [-0.3, -0.25) is 0 Å². The Labute approximate surface area is 88.9 Å². The number of hydrogen-bond acceptors (Lipinski definition) is 4. The van der Waals surface area contributed by atoms with Crippen molar-refractivity contribution in [3.63, 3.8) is 0 Å². The molecule has 4 nitrogen and oxygen atoms in total. The van der Waals surface area contributed by atoms with Crippen molar-refractivity contribution in [3.05, 3.63) is 36.0 Å². The number of hydrogen-bond donors (Lipinski definition) is 1. The van der Waals surface area contributed by atoms with Gasteiger partial charge in [0.2, 0.25) is 0 Å². The predicted molar refractivity (Wildman–Crippen MR) is 58.4 cm³/mol. The third-order valence-corrected chi connectivity index (χ3v) is 2.68. The number of aryl methyl sites for hydroxylation is 1. The topological polar surface area (TPSA) is 59.9 Å². The van der Waals surface area contributed by atoms with Gasteiger partial charge in [-0.1, -0.05) is 18.2 Å². The van der Waals surface area contributed by atoms with Crippen molar-refractivity contribution in [2.24, 2.45) is 0 Å². The molecule has 0 amide bonds. The molecule has 0 aliphatic heterocycles. The molecule has 0 saturated heterocycles. The fourth-order valence-corrected chi connectivity index (χ4v) is 1.77. The highest BCUT2D eigenvalue weighted by atomic mass is 32.2. The lowest BCUT2D eigenvalue weighted by atomic mass is 10.2. The first-order chi connectivity index (χ1) is 7.25. The summed E-state index contributed by atoms with van der Waals surface area (Å²) in [5.41, 5.74) is 1.54. The molecule has 1 heterocycles. The fourth-order valence-electron chi connectivity index (χ4n) is 1.36. The maximum absolute atomic E-state index is 10.4. The SMILES string of the molecule is O=[SH](=O)CCc1cc2ccccc2nn1. The number of nitrogens with zero attached hydrogens (tertiary/aromatic N) is 2. The van der Waals surface area contributed by atoms with Crippen molar-refractivity contribution in [1.82, 2.24) is 10.2 Å². The maximum atomic E-state index is 10.4. The minimum atomic E-state index is -2.34. The molecule has 0 N–H and O–H groups in total. The predicted octanol–water partition coefficient (Wildman–Crippen LogP) is 0.784. The lowest BCUT2D eigenvalue weighted by Gasteiger charge is -1.98. The first-order valence-electron chi connectivity index (χ1n) is 4.59. The largest absolute Gasteiger partial charge is 0.232 e. The number of rotatable bonds is 3. The van der Waals surface area contributed by atoms with Crippen LogP contribution in [-0.2, 0) is 17.1 Å². The van der Waals surface area contributed by atoms with Gasteiger partial charge in [0.1, 0.15) is 10.7 Å². The van der Waals surface area contributed by atoms with Crippen LogP contribution in [0.25, 0.3) is 10.9 Å². The Kier molecular flexibility index (Phi) is 2.91. The van der Waals surface area contributed by atoms with Gasteiger partial charge >= 0.3 is 0 Å². The summed E-state index contributed by atoms with van der Waals surface area (Å²) < 4.78 is 20.9. The molecule has 0 aliphatic carbocycles. The average Bonchev–Trinajstić information content (AvgIpc) is 2.26. The van der Waals surface area contributed by atoms with E-state index in [1.165, 1.54) is 0 Å². The monoisotopic (exact) mass is 222 g/mol. The zero-order valence-corrected chi connectivity index (χ0v) is 8.85. The molecule has 1 aromatic heterocycles. The van der Waals surface area contributed by atoms with Crippen LogP contribution in [0.4, 0.5) is 0 Å². The van der Waals surface area contributed by atoms with E-state index in [1.54, 1.807) is 0 Å².